The monoisotopic (exact) mass is 250 g/mol. The van der Waals surface area contributed by atoms with E-state index in [1.165, 1.54) is 4.70 Å². The maximum absolute atomic E-state index is 6.00. The molecular formula is C11H7ClN2OS. The number of rotatable bonds is 1. The quantitative estimate of drug-likeness (QED) is 0.715. The van der Waals surface area contributed by atoms with Gasteiger partial charge in [0, 0.05) is 4.70 Å². The van der Waals surface area contributed by atoms with E-state index in [1.54, 1.807) is 11.3 Å². The second-order valence-corrected chi connectivity index (χ2v) is 4.82. The summed E-state index contributed by atoms with van der Waals surface area (Å²) in [7, 11) is 0. The first-order chi connectivity index (χ1) is 7.75. The molecule has 0 atom stereocenters. The summed E-state index contributed by atoms with van der Waals surface area (Å²) in [5, 5.41) is 5.18. The molecule has 3 nitrogen and oxygen atoms in total. The smallest absolute Gasteiger partial charge is 0.197 e. The molecular weight excluding hydrogens is 244 g/mol. The van der Waals surface area contributed by atoms with Gasteiger partial charge in [-0.1, -0.05) is 35.0 Å². The van der Waals surface area contributed by atoms with Gasteiger partial charge in [0.2, 0.25) is 0 Å². The van der Waals surface area contributed by atoms with Crippen LogP contribution in [0.1, 0.15) is 0 Å². The predicted molar refractivity (Wildman–Crippen MR) is 66.7 cm³/mol. The van der Waals surface area contributed by atoms with E-state index in [2.05, 4.69) is 11.2 Å². The highest BCUT2D eigenvalue weighted by Crippen LogP contribution is 2.38. The van der Waals surface area contributed by atoms with Crippen LogP contribution in [0.2, 0.25) is 5.02 Å². The highest BCUT2D eigenvalue weighted by Gasteiger charge is 2.15. The lowest BCUT2D eigenvalue weighted by atomic mass is 10.2. The van der Waals surface area contributed by atoms with Crippen molar-refractivity contribution in [2.45, 2.75) is 0 Å². The topological polar surface area (TPSA) is 52.0 Å². The van der Waals surface area contributed by atoms with Gasteiger partial charge in [-0.05, 0) is 17.5 Å². The van der Waals surface area contributed by atoms with Gasteiger partial charge in [-0.2, -0.15) is 0 Å². The Kier molecular flexibility index (Phi) is 2.12. The number of thiophene rings is 1. The zero-order chi connectivity index (χ0) is 11.1. The Morgan fingerprint density at radius 1 is 1.31 bits per heavy atom. The van der Waals surface area contributed by atoms with Crippen molar-refractivity contribution in [3.8, 4) is 10.6 Å². The lowest BCUT2D eigenvalue weighted by Gasteiger charge is -1.87. The molecule has 0 spiro atoms. The average Bonchev–Trinajstić information content (AvgIpc) is 2.84. The second kappa shape index (κ2) is 3.50. The van der Waals surface area contributed by atoms with Crippen molar-refractivity contribution in [1.29, 1.82) is 0 Å². The van der Waals surface area contributed by atoms with Crippen LogP contribution in [0.15, 0.2) is 34.9 Å². The van der Waals surface area contributed by atoms with Gasteiger partial charge in [0.15, 0.2) is 11.6 Å². The number of halogens is 1. The van der Waals surface area contributed by atoms with Crippen molar-refractivity contribution in [1.82, 2.24) is 5.16 Å². The van der Waals surface area contributed by atoms with Crippen molar-refractivity contribution >= 4 is 38.8 Å². The van der Waals surface area contributed by atoms with Crippen LogP contribution >= 0.6 is 22.9 Å². The summed E-state index contributed by atoms with van der Waals surface area (Å²) in [5.74, 6) is 0.773. The fraction of sp³-hybridized carbons (Fsp3) is 0. The molecule has 0 unspecified atom stereocenters. The summed E-state index contributed by atoms with van der Waals surface area (Å²) in [4.78, 5) is 0.940. The van der Waals surface area contributed by atoms with Gasteiger partial charge in [-0.25, -0.2) is 0 Å². The number of aromatic nitrogens is 1. The van der Waals surface area contributed by atoms with E-state index >= 15 is 0 Å². The number of anilines is 1. The second-order valence-electron chi connectivity index (χ2n) is 3.36. The third kappa shape index (κ3) is 1.38. The first-order valence-corrected chi connectivity index (χ1v) is 5.85. The highest BCUT2D eigenvalue weighted by atomic mass is 35.5. The van der Waals surface area contributed by atoms with Crippen LogP contribution in [0.4, 0.5) is 5.82 Å². The average molecular weight is 251 g/mol. The normalized spacial score (nSPS) is 11.1. The number of benzene rings is 1. The number of nitrogen functional groups attached to an aromatic ring is 1. The molecule has 16 heavy (non-hydrogen) atoms. The van der Waals surface area contributed by atoms with Crippen molar-refractivity contribution < 1.29 is 4.52 Å². The van der Waals surface area contributed by atoms with Crippen LogP contribution in [-0.4, -0.2) is 5.16 Å². The molecule has 0 radical (unpaired) electrons. The maximum Gasteiger partial charge on any atom is 0.197 e. The van der Waals surface area contributed by atoms with Gasteiger partial charge in [0.1, 0.15) is 5.02 Å². The summed E-state index contributed by atoms with van der Waals surface area (Å²) in [6.07, 6.45) is 0. The van der Waals surface area contributed by atoms with Gasteiger partial charge in [0.05, 0.1) is 4.88 Å². The van der Waals surface area contributed by atoms with E-state index < -0.39 is 0 Å². The number of nitrogens with two attached hydrogens (primary N) is 1. The Morgan fingerprint density at radius 3 is 2.81 bits per heavy atom. The van der Waals surface area contributed by atoms with E-state index in [0.717, 1.165) is 10.3 Å². The molecule has 0 amide bonds. The number of nitrogens with zero attached hydrogens (tertiary/aromatic N) is 1. The molecule has 3 rings (SSSR count). The summed E-state index contributed by atoms with van der Waals surface area (Å²) in [5.41, 5.74) is 5.54. The van der Waals surface area contributed by atoms with Crippen LogP contribution in [0.25, 0.3) is 20.7 Å². The number of hydrogen-bond donors (Lipinski definition) is 1. The van der Waals surface area contributed by atoms with Gasteiger partial charge in [-0.3, -0.25) is 0 Å². The Labute approximate surface area is 100 Å². The number of hydrogen-bond acceptors (Lipinski definition) is 4. The lowest BCUT2D eigenvalue weighted by molar-refractivity contribution is 0.437. The first-order valence-electron chi connectivity index (χ1n) is 4.65. The molecule has 80 valence electrons. The van der Waals surface area contributed by atoms with Crippen LogP contribution in [0.5, 0.6) is 0 Å². The summed E-state index contributed by atoms with van der Waals surface area (Å²) in [6, 6.07) is 10.1. The molecule has 2 heterocycles. The zero-order valence-electron chi connectivity index (χ0n) is 8.11. The third-order valence-corrected chi connectivity index (χ3v) is 3.79. The summed E-state index contributed by atoms with van der Waals surface area (Å²) < 4.78 is 6.30. The molecule has 1 aromatic carbocycles. The molecule has 3 aromatic rings. The molecule has 0 saturated heterocycles. The van der Waals surface area contributed by atoms with E-state index in [9.17, 15) is 0 Å². The van der Waals surface area contributed by atoms with Crippen LogP contribution in [0.3, 0.4) is 0 Å². The van der Waals surface area contributed by atoms with Crippen molar-refractivity contribution in [3.05, 3.63) is 35.4 Å². The van der Waals surface area contributed by atoms with Gasteiger partial charge < -0.3 is 10.3 Å². The van der Waals surface area contributed by atoms with Gasteiger partial charge in [-0.15, -0.1) is 11.3 Å². The molecule has 0 aliphatic carbocycles. The van der Waals surface area contributed by atoms with Crippen molar-refractivity contribution in [2.75, 3.05) is 5.73 Å². The van der Waals surface area contributed by atoms with Gasteiger partial charge in [0.25, 0.3) is 0 Å². The van der Waals surface area contributed by atoms with Gasteiger partial charge >= 0.3 is 0 Å². The van der Waals surface area contributed by atoms with E-state index in [1.807, 2.05) is 24.3 Å². The maximum atomic E-state index is 6.00. The summed E-state index contributed by atoms with van der Waals surface area (Å²) in [6.45, 7) is 0. The minimum atomic E-state index is 0.231. The SMILES string of the molecule is Nc1noc(-c2cc3ccccc3s2)c1Cl. The lowest BCUT2D eigenvalue weighted by Crippen LogP contribution is -1.82. The predicted octanol–water partition coefficient (Wildman–Crippen LogP) is 3.79. The zero-order valence-corrected chi connectivity index (χ0v) is 9.68. The Morgan fingerprint density at radius 2 is 2.12 bits per heavy atom. The van der Waals surface area contributed by atoms with Crippen LogP contribution < -0.4 is 5.73 Å². The Hall–Kier alpha value is -1.52. The standard InChI is InChI=1S/C11H7ClN2OS/c12-9-10(15-14-11(9)13)8-5-6-3-1-2-4-7(6)16-8/h1-5H,(H2,13,14). The molecule has 2 aromatic heterocycles. The molecule has 0 bridgehead atoms. The van der Waals surface area contributed by atoms with Crippen molar-refractivity contribution in [3.63, 3.8) is 0 Å². The van der Waals surface area contributed by atoms with Crippen LogP contribution in [-0.2, 0) is 0 Å². The Bertz CT molecular complexity index is 626. The van der Waals surface area contributed by atoms with Crippen molar-refractivity contribution in [2.24, 2.45) is 0 Å². The molecule has 0 fully saturated rings. The molecule has 2 N–H and O–H groups in total. The van der Waals surface area contributed by atoms with E-state index in [-0.39, 0.29) is 5.82 Å². The Balaban J connectivity index is 2.23. The molecule has 5 heteroatoms. The summed E-state index contributed by atoms with van der Waals surface area (Å²) >= 11 is 7.60. The molecule has 0 saturated carbocycles. The van der Waals surface area contributed by atoms with E-state index in [4.69, 9.17) is 21.9 Å². The van der Waals surface area contributed by atoms with E-state index in [0.29, 0.717) is 10.8 Å². The van der Waals surface area contributed by atoms with Crippen LogP contribution in [0, 0.1) is 0 Å². The number of fused-ring (bicyclic) bond motifs is 1. The minimum absolute atomic E-state index is 0.231. The fourth-order valence-corrected chi connectivity index (χ4v) is 2.81. The fourth-order valence-electron chi connectivity index (χ4n) is 1.54. The first kappa shape index (κ1) is 9.69. The molecule has 0 aliphatic heterocycles. The largest absolute Gasteiger partial charge is 0.380 e. The third-order valence-electron chi connectivity index (χ3n) is 2.31. The highest BCUT2D eigenvalue weighted by molar-refractivity contribution is 7.22. The minimum Gasteiger partial charge on any atom is -0.380 e. The molecule has 0 aliphatic rings.